The second kappa shape index (κ2) is 10.3. The third kappa shape index (κ3) is 6.65. The summed E-state index contributed by atoms with van der Waals surface area (Å²) in [5.41, 5.74) is 5.72. The molecule has 0 aliphatic heterocycles. The molecule has 0 radical (unpaired) electrons. The van der Waals surface area contributed by atoms with E-state index < -0.39 is 4.92 Å². The maximum absolute atomic E-state index is 10.7. The zero-order valence-corrected chi connectivity index (χ0v) is 16.8. The lowest BCUT2D eigenvalue weighted by Crippen LogP contribution is -2.00. The molecule has 0 aliphatic carbocycles. The Labute approximate surface area is 173 Å². The molecule has 3 aromatic rings. The topological polar surface area (TPSA) is 76.8 Å². The Balaban J connectivity index is 1.46. The van der Waals surface area contributed by atoms with Gasteiger partial charge in [0, 0.05) is 22.8 Å². The van der Waals surface area contributed by atoms with Crippen molar-refractivity contribution in [3.8, 4) is 5.75 Å². The van der Waals surface area contributed by atoms with Crippen molar-refractivity contribution in [2.24, 2.45) is 5.10 Å². The summed E-state index contributed by atoms with van der Waals surface area (Å²) in [4.78, 5) is 11.5. The largest absolute Gasteiger partial charge is 0.493 e. The Morgan fingerprint density at radius 2 is 1.86 bits per heavy atom. The first-order chi connectivity index (χ1) is 14.1. The molecule has 3 rings (SSSR count). The first-order valence-corrected chi connectivity index (χ1v) is 10.0. The third-order valence-corrected chi connectivity index (χ3v) is 4.96. The monoisotopic (exact) mass is 407 g/mol. The van der Waals surface area contributed by atoms with Crippen LogP contribution in [0.3, 0.4) is 0 Å². The molecule has 0 bridgehead atoms. The van der Waals surface area contributed by atoms with Gasteiger partial charge in [-0.15, -0.1) is 11.8 Å². The molecule has 0 saturated carbocycles. The number of benzene rings is 3. The predicted molar refractivity (Wildman–Crippen MR) is 118 cm³/mol. The van der Waals surface area contributed by atoms with Crippen molar-refractivity contribution in [2.75, 3.05) is 17.8 Å². The summed E-state index contributed by atoms with van der Waals surface area (Å²) in [7, 11) is 0. The van der Waals surface area contributed by atoms with Gasteiger partial charge in [0.15, 0.2) is 0 Å². The fourth-order valence-electron chi connectivity index (χ4n) is 2.48. The second-order valence-electron chi connectivity index (χ2n) is 6.26. The summed E-state index contributed by atoms with van der Waals surface area (Å²) in [5.74, 6) is 1.65. The standard InChI is InChI=1S/C22H21N3O3S/c1-17-5-11-22(12-6-17)29-14-13-28-21-4-2-3-18(15-21)16-23-24-19-7-9-20(10-8-19)25(26)27/h2-12,15-16,24H,13-14H2,1H3/b23-16+. The molecule has 3 aromatic carbocycles. The SMILES string of the molecule is Cc1ccc(SCCOc2cccc(/C=N/Nc3ccc([N+](=O)[O-])cc3)c2)cc1. The van der Waals surface area contributed by atoms with Gasteiger partial charge in [-0.2, -0.15) is 5.10 Å². The molecular formula is C22H21N3O3S. The minimum atomic E-state index is -0.433. The zero-order chi connectivity index (χ0) is 20.5. The number of thioether (sulfide) groups is 1. The number of hydrogen-bond acceptors (Lipinski definition) is 6. The van der Waals surface area contributed by atoms with Gasteiger partial charge in [-0.05, 0) is 48.9 Å². The summed E-state index contributed by atoms with van der Waals surface area (Å²) < 4.78 is 5.83. The number of anilines is 1. The van der Waals surface area contributed by atoms with E-state index in [4.69, 9.17) is 4.74 Å². The highest BCUT2D eigenvalue weighted by Crippen LogP contribution is 2.19. The Morgan fingerprint density at radius 3 is 2.59 bits per heavy atom. The summed E-state index contributed by atoms with van der Waals surface area (Å²) >= 11 is 1.76. The van der Waals surface area contributed by atoms with Gasteiger partial charge < -0.3 is 4.74 Å². The summed E-state index contributed by atoms with van der Waals surface area (Å²) in [5, 5.41) is 14.8. The van der Waals surface area contributed by atoms with Crippen LogP contribution in [0.5, 0.6) is 5.75 Å². The van der Waals surface area contributed by atoms with Gasteiger partial charge in [0.2, 0.25) is 0 Å². The number of rotatable bonds is 9. The molecule has 0 amide bonds. The summed E-state index contributed by atoms with van der Waals surface area (Å²) in [6.45, 7) is 2.69. The lowest BCUT2D eigenvalue weighted by atomic mass is 10.2. The Kier molecular flexibility index (Phi) is 7.24. The maximum Gasteiger partial charge on any atom is 0.269 e. The van der Waals surface area contributed by atoms with Crippen LogP contribution in [0.25, 0.3) is 0 Å². The summed E-state index contributed by atoms with van der Waals surface area (Å²) in [6, 6.07) is 22.2. The quantitative estimate of drug-likeness (QED) is 0.166. The van der Waals surface area contributed by atoms with Crippen LogP contribution >= 0.6 is 11.8 Å². The van der Waals surface area contributed by atoms with Crippen LogP contribution in [0, 0.1) is 17.0 Å². The maximum atomic E-state index is 10.7. The number of ether oxygens (including phenoxy) is 1. The predicted octanol–water partition coefficient (Wildman–Crippen LogP) is 5.52. The number of aryl methyl sites for hydroxylation is 1. The highest BCUT2D eigenvalue weighted by atomic mass is 32.2. The van der Waals surface area contributed by atoms with E-state index in [1.807, 2.05) is 24.3 Å². The van der Waals surface area contributed by atoms with Gasteiger partial charge in [-0.1, -0.05) is 29.8 Å². The van der Waals surface area contributed by atoms with Crippen LogP contribution in [0.2, 0.25) is 0 Å². The molecule has 0 atom stereocenters. The van der Waals surface area contributed by atoms with E-state index in [0.29, 0.717) is 12.3 Å². The van der Waals surface area contributed by atoms with Crippen molar-refractivity contribution in [3.63, 3.8) is 0 Å². The van der Waals surface area contributed by atoms with Crippen molar-refractivity contribution in [3.05, 3.63) is 94.0 Å². The van der Waals surface area contributed by atoms with E-state index >= 15 is 0 Å². The zero-order valence-electron chi connectivity index (χ0n) is 15.9. The van der Waals surface area contributed by atoms with E-state index in [0.717, 1.165) is 17.1 Å². The van der Waals surface area contributed by atoms with Crippen molar-refractivity contribution in [1.29, 1.82) is 0 Å². The highest BCUT2D eigenvalue weighted by Gasteiger charge is 2.03. The molecule has 0 unspecified atom stereocenters. The van der Waals surface area contributed by atoms with Gasteiger partial charge in [0.05, 0.1) is 23.4 Å². The number of hydrazone groups is 1. The number of nitro benzene ring substituents is 1. The lowest BCUT2D eigenvalue weighted by molar-refractivity contribution is -0.384. The first-order valence-electron chi connectivity index (χ1n) is 9.06. The van der Waals surface area contributed by atoms with Gasteiger partial charge in [-0.3, -0.25) is 15.5 Å². The average Bonchev–Trinajstić information content (AvgIpc) is 2.73. The van der Waals surface area contributed by atoms with Crippen LogP contribution in [0.1, 0.15) is 11.1 Å². The minimum Gasteiger partial charge on any atom is -0.493 e. The van der Waals surface area contributed by atoms with Crippen LogP contribution in [0.15, 0.2) is 82.8 Å². The molecule has 0 saturated heterocycles. The molecule has 0 aromatic heterocycles. The molecule has 0 fully saturated rings. The molecule has 148 valence electrons. The van der Waals surface area contributed by atoms with Gasteiger partial charge in [-0.25, -0.2) is 0 Å². The Morgan fingerprint density at radius 1 is 1.10 bits per heavy atom. The van der Waals surface area contributed by atoms with E-state index in [9.17, 15) is 10.1 Å². The number of nitrogens with zero attached hydrogens (tertiary/aromatic N) is 2. The Bertz CT molecular complexity index is 973. The number of hydrogen-bond donors (Lipinski definition) is 1. The van der Waals surface area contributed by atoms with Crippen LogP contribution in [-0.2, 0) is 0 Å². The average molecular weight is 407 g/mol. The lowest BCUT2D eigenvalue weighted by Gasteiger charge is -2.07. The van der Waals surface area contributed by atoms with E-state index in [-0.39, 0.29) is 5.69 Å². The van der Waals surface area contributed by atoms with Gasteiger partial charge in [0.25, 0.3) is 5.69 Å². The molecule has 7 heteroatoms. The molecular weight excluding hydrogens is 386 g/mol. The fourth-order valence-corrected chi connectivity index (χ4v) is 3.21. The van der Waals surface area contributed by atoms with E-state index in [1.165, 1.54) is 22.6 Å². The molecule has 0 spiro atoms. The smallest absolute Gasteiger partial charge is 0.269 e. The number of non-ortho nitro benzene ring substituents is 1. The number of nitro groups is 1. The van der Waals surface area contributed by atoms with Crippen molar-refractivity contribution >= 4 is 29.4 Å². The van der Waals surface area contributed by atoms with Gasteiger partial charge >= 0.3 is 0 Å². The highest BCUT2D eigenvalue weighted by molar-refractivity contribution is 7.99. The second-order valence-corrected chi connectivity index (χ2v) is 7.42. The first kappa shape index (κ1) is 20.4. The van der Waals surface area contributed by atoms with Crippen LogP contribution < -0.4 is 10.2 Å². The van der Waals surface area contributed by atoms with Crippen LogP contribution in [-0.4, -0.2) is 23.5 Å². The van der Waals surface area contributed by atoms with E-state index in [1.54, 1.807) is 30.1 Å². The Hall–Kier alpha value is -3.32. The van der Waals surface area contributed by atoms with Crippen molar-refractivity contribution in [1.82, 2.24) is 0 Å². The minimum absolute atomic E-state index is 0.0462. The number of nitrogens with one attached hydrogen (secondary N) is 1. The molecule has 0 heterocycles. The van der Waals surface area contributed by atoms with Crippen molar-refractivity contribution < 1.29 is 9.66 Å². The molecule has 6 nitrogen and oxygen atoms in total. The van der Waals surface area contributed by atoms with Gasteiger partial charge in [0.1, 0.15) is 5.75 Å². The third-order valence-electron chi connectivity index (χ3n) is 3.99. The van der Waals surface area contributed by atoms with Crippen molar-refractivity contribution in [2.45, 2.75) is 11.8 Å². The summed E-state index contributed by atoms with van der Waals surface area (Å²) in [6.07, 6.45) is 1.68. The fraction of sp³-hybridized carbons (Fsp3) is 0.136. The molecule has 29 heavy (non-hydrogen) atoms. The van der Waals surface area contributed by atoms with E-state index in [2.05, 4.69) is 41.7 Å². The normalized spacial score (nSPS) is 10.8. The molecule has 0 aliphatic rings. The molecule has 1 N–H and O–H groups in total. The van der Waals surface area contributed by atoms with Crippen LogP contribution in [0.4, 0.5) is 11.4 Å².